The molecule has 6 nitrogen and oxygen atoms in total. The molecule has 0 aromatic heterocycles. The first kappa shape index (κ1) is 16.0. The van der Waals surface area contributed by atoms with E-state index in [4.69, 9.17) is 4.74 Å². The normalized spacial score (nSPS) is 16.9. The maximum absolute atomic E-state index is 12.8. The number of likely N-dealkylation sites (tertiary alicyclic amines) is 1. The number of nitro groups is 1. The van der Waals surface area contributed by atoms with Gasteiger partial charge in [-0.2, -0.15) is 0 Å². The molecule has 0 unspecified atom stereocenters. The van der Waals surface area contributed by atoms with Gasteiger partial charge in [-0.3, -0.25) is 14.9 Å². The lowest BCUT2D eigenvalue weighted by molar-refractivity contribution is -0.384. The van der Waals surface area contributed by atoms with Gasteiger partial charge in [0, 0.05) is 24.2 Å². The Morgan fingerprint density at radius 3 is 2.42 bits per heavy atom. The monoisotopic (exact) mass is 326 g/mol. The van der Waals surface area contributed by atoms with E-state index in [2.05, 4.69) is 0 Å². The van der Waals surface area contributed by atoms with E-state index in [-0.39, 0.29) is 17.6 Å². The van der Waals surface area contributed by atoms with Crippen LogP contribution in [-0.4, -0.2) is 29.4 Å². The smallest absolute Gasteiger partial charge is 0.269 e. The molecule has 2 aromatic carbocycles. The van der Waals surface area contributed by atoms with Crippen molar-refractivity contribution in [2.24, 2.45) is 0 Å². The molecular formula is C18H18N2O4. The molecule has 0 radical (unpaired) electrons. The molecule has 1 heterocycles. The highest BCUT2D eigenvalue weighted by Crippen LogP contribution is 2.34. The fourth-order valence-corrected chi connectivity index (χ4v) is 3.07. The molecule has 0 bridgehead atoms. The topological polar surface area (TPSA) is 72.7 Å². The van der Waals surface area contributed by atoms with E-state index < -0.39 is 4.92 Å². The Morgan fingerprint density at radius 2 is 1.83 bits per heavy atom. The van der Waals surface area contributed by atoms with Crippen LogP contribution in [0.4, 0.5) is 5.69 Å². The summed E-state index contributed by atoms with van der Waals surface area (Å²) in [5, 5.41) is 10.7. The minimum atomic E-state index is -0.468. The molecule has 1 aliphatic rings. The Balaban J connectivity index is 1.81. The standard InChI is InChI=1S/C18H18N2O4/c1-24-16-10-6-13(7-11-16)17-3-2-12-19(17)18(21)14-4-8-15(9-5-14)20(22)23/h4-11,17H,2-3,12H2,1H3/t17-/m0/s1. The van der Waals surface area contributed by atoms with Gasteiger partial charge in [0.15, 0.2) is 0 Å². The molecule has 0 saturated carbocycles. The first-order valence-electron chi connectivity index (χ1n) is 7.79. The lowest BCUT2D eigenvalue weighted by atomic mass is 10.0. The van der Waals surface area contributed by atoms with E-state index in [0.717, 1.165) is 24.2 Å². The van der Waals surface area contributed by atoms with Crippen LogP contribution < -0.4 is 4.74 Å². The zero-order valence-electron chi connectivity index (χ0n) is 13.3. The number of carbonyl (C=O) groups excluding carboxylic acids is 1. The lowest BCUT2D eigenvalue weighted by Crippen LogP contribution is -2.30. The van der Waals surface area contributed by atoms with Crippen molar-refractivity contribution < 1.29 is 14.5 Å². The summed E-state index contributed by atoms with van der Waals surface area (Å²) in [5.74, 6) is 0.688. The van der Waals surface area contributed by atoms with Crippen molar-refractivity contribution in [2.45, 2.75) is 18.9 Å². The SMILES string of the molecule is COc1ccc([C@@H]2CCCN2C(=O)c2ccc([N+](=O)[O-])cc2)cc1. The summed E-state index contributed by atoms with van der Waals surface area (Å²) in [6, 6.07) is 13.5. The van der Waals surface area contributed by atoms with Crippen molar-refractivity contribution in [3.05, 3.63) is 69.8 Å². The van der Waals surface area contributed by atoms with E-state index in [1.165, 1.54) is 24.3 Å². The second-order valence-electron chi connectivity index (χ2n) is 5.73. The lowest BCUT2D eigenvalue weighted by Gasteiger charge is -2.25. The van der Waals surface area contributed by atoms with Gasteiger partial charge in [0.25, 0.3) is 11.6 Å². The Hall–Kier alpha value is -2.89. The average molecular weight is 326 g/mol. The van der Waals surface area contributed by atoms with Crippen molar-refractivity contribution in [3.63, 3.8) is 0 Å². The predicted molar refractivity (Wildman–Crippen MR) is 89.1 cm³/mol. The van der Waals surface area contributed by atoms with Gasteiger partial charge in [-0.15, -0.1) is 0 Å². The Kier molecular flexibility index (Phi) is 4.46. The summed E-state index contributed by atoms with van der Waals surface area (Å²) in [6.07, 6.45) is 1.85. The van der Waals surface area contributed by atoms with Gasteiger partial charge >= 0.3 is 0 Å². The van der Waals surface area contributed by atoms with E-state index in [0.29, 0.717) is 12.1 Å². The highest BCUT2D eigenvalue weighted by molar-refractivity contribution is 5.94. The number of hydrogen-bond acceptors (Lipinski definition) is 4. The third-order valence-corrected chi connectivity index (χ3v) is 4.34. The molecule has 1 atom stereocenters. The van der Waals surface area contributed by atoms with Crippen LogP contribution in [0.2, 0.25) is 0 Å². The first-order chi connectivity index (χ1) is 11.6. The van der Waals surface area contributed by atoms with Crippen molar-refractivity contribution >= 4 is 11.6 Å². The molecule has 0 N–H and O–H groups in total. The van der Waals surface area contributed by atoms with Crippen LogP contribution in [0.3, 0.4) is 0 Å². The number of ether oxygens (including phenoxy) is 1. The van der Waals surface area contributed by atoms with E-state index in [1.54, 1.807) is 7.11 Å². The van der Waals surface area contributed by atoms with Crippen LogP contribution in [0.5, 0.6) is 5.75 Å². The van der Waals surface area contributed by atoms with Crippen LogP contribution in [0.25, 0.3) is 0 Å². The van der Waals surface area contributed by atoms with E-state index in [9.17, 15) is 14.9 Å². The number of non-ortho nitro benzene ring substituents is 1. The summed E-state index contributed by atoms with van der Waals surface area (Å²) in [7, 11) is 1.62. The highest BCUT2D eigenvalue weighted by Gasteiger charge is 2.30. The zero-order chi connectivity index (χ0) is 17.1. The average Bonchev–Trinajstić information content (AvgIpc) is 3.11. The van der Waals surface area contributed by atoms with Gasteiger partial charge < -0.3 is 9.64 Å². The summed E-state index contributed by atoms with van der Waals surface area (Å²) in [6.45, 7) is 0.687. The van der Waals surface area contributed by atoms with Gasteiger partial charge in [0.2, 0.25) is 0 Å². The molecule has 6 heteroatoms. The third-order valence-electron chi connectivity index (χ3n) is 4.34. The second kappa shape index (κ2) is 6.70. The molecule has 3 rings (SSSR count). The summed E-state index contributed by atoms with van der Waals surface area (Å²) in [5.41, 5.74) is 1.53. The molecule has 1 saturated heterocycles. The van der Waals surface area contributed by atoms with Crippen LogP contribution in [0.15, 0.2) is 48.5 Å². The van der Waals surface area contributed by atoms with Crippen LogP contribution in [0, 0.1) is 10.1 Å². The number of carbonyl (C=O) groups is 1. The minimum absolute atomic E-state index is 0.0142. The fourth-order valence-electron chi connectivity index (χ4n) is 3.07. The number of amides is 1. The van der Waals surface area contributed by atoms with Gasteiger partial charge in [-0.05, 0) is 42.7 Å². The van der Waals surface area contributed by atoms with Crippen LogP contribution in [-0.2, 0) is 0 Å². The molecule has 2 aromatic rings. The molecular weight excluding hydrogens is 308 g/mol. The largest absolute Gasteiger partial charge is 0.497 e. The number of rotatable bonds is 4. The van der Waals surface area contributed by atoms with Gasteiger partial charge in [-0.25, -0.2) is 0 Å². The van der Waals surface area contributed by atoms with Crippen molar-refractivity contribution in [1.29, 1.82) is 0 Å². The number of methoxy groups -OCH3 is 1. The summed E-state index contributed by atoms with van der Waals surface area (Å²) in [4.78, 5) is 24.9. The fraction of sp³-hybridized carbons (Fsp3) is 0.278. The van der Waals surface area contributed by atoms with Gasteiger partial charge in [0.05, 0.1) is 18.1 Å². The Morgan fingerprint density at radius 1 is 1.17 bits per heavy atom. The number of nitro benzene ring substituents is 1. The third kappa shape index (κ3) is 3.08. The van der Waals surface area contributed by atoms with Crippen molar-refractivity contribution in [2.75, 3.05) is 13.7 Å². The summed E-state index contributed by atoms with van der Waals surface area (Å²) >= 11 is 0. The minimum Gasteiger partial charge on any atom is -0.497 e. The van der Waals surface area contributed by atoms with Crippen LogP contribution >= 0.6 is 0 Å². The van der Waals surface area contributed by atoms with Crippen LogP contribution in [0.1, 0.15) is 34.8 Å². The van der Waals surface area contributed by atoms with Crippen molar-refractivity contribution in [1.82, 2.24) is 4.90 Å². The quantitative estimate of drug-likeness (QED) is 0.636. The highest BCUT2D eigenvalue weighted by atomic mass is 16.6. The maximum atomic E-state index is 12.8. The van der Waals surface area contributed by atoms with E-state index in [1.807, 2.05) is 29.2 Å². The van der Waals surface area contributed by atoms with Crippen molar-refractivity contribution in [3.8, 4) is 5.75 Å². The summed E-state index contributed by atoms with van der Waals surface area (Å²) < 4.78 is 5.17. The molecule has 24 heavy (non-hydrogen) atoms. The van der Waals surface area contributed by atoms with Gasteiger partial charge in [-0.1, -0.05) is 12.1 Å². The Bertz CT molecular complexity index is 741. The number of benzene rings is 2. The molecule has 0 aliphatic carbocycles. The maximum Gasteiger partial charge on any atom is 0.269 e. The Labute approximate surface area is 139 Å². The number of nitrogens with zero attached hydrogens (tertiary/aromatic N) is 2. The predicted octanol–water partition coefficient (Wildman–Crippen LogP) is 3.58. The molecule has 1 aliphatic heterocycles. The molecule has 0 spiro atoms. The zero-order valence-corrected chi connectivity index (χ0v) is 13.3. The molecule has 124 valence electrons. The molecule has 1 amide bonds. The second-order valence-corrected chi connectivity index (χ2v) is 5.73. The van der Waals surface area contributed by atoms with E-state index >= 15 is 0 Å². The van der Waals surface area contributed by atoms with Gasteiger partial charge in [0.1, 0.15) is 5.75 Å². The molecule has 1 fully saturated rings. The first-order valence-corrected chi connectivity index (χ1v) is 7.79. The number of hydrogen-bond donors (Lipinski definition) is 0.